The van der Waals surface area contributed by atoms with Gasteiger partial charge in [-0.05, 0) is 42.7 Å². The van der Waals surface area contributed by atoms with Crippen molar-refractivity contribution in [3.63, 3.8) is 0 Å². The fourth-order valence-corrected chi connectivity index (χ4v) is 2.79. The Balaban J connectivity index is 2.01. The highest BCUT2D eigenvalue weighted by molar-refractivity contribution is 9.10. The van der Waals surface area contributed by atoms with Crippen LogP contribution in [-0.4, -0.2) is 10.2 Å². The van der Waals surface area contributed by atoms with E-state index >= 15 is 0 Å². The van der Waals surface area contributed by atoms with Gasteiger partial charge in [0.2, 0.25) is 0 Å². The quantitative estimate of drug-likeness (QED) is 0.710. The topological polar surface area (TPSA) is 28.7 Å². The molecule has 0 aliphatic carbocycles. The number of aromatic amines is 1. The highest BCUT2D eigenvalue weighted by atomic mass is 79.9. The molecule has 21 heavy (non-hydrogen) atoms. The summed E-state index contributed by atoms with van der Waals surface area (Å²) in [4.78, 5) is 0. The molecule has 0 fully saturated rings. The molecule has 2 nitrogen and oxygen atoms in total. The van der Waals surface area contributed by atoms with Gasteiger partial charge in [-0.2, -0.15) is 5.10 Å². The van der Waals surface area contributed by atoms with Gasteiger partial charge in [0.1, 0.15) is 0 Å². The predicted octanol–water partition coefficient (Wildman–Crippen LogP) is 5.05. The van der Waals surface area contributed by atoms with Gasteiger partial charge in [-0.25, -0.2) is 0 Å². The van der Waals surface area contributed by atoms with Gasteiger partial charge >= 0.3 is 0 Å². The molecule has 0 amide bonds. The van der Waals surface area contributed by atoms with E-state index in [4.69, 9.17) is 0 Å². The summed E-state index contributed by atoms with van der Waals surface area (Å²) in [6.07, 6.45) is 0.903. The molecule has 0 unspecified atom stereocenters. The SMILES string of the molecule is Cc1ccccc1Cc1c(C)n[nH]c1-c1ccc(Br)cc1. The number of nitrogens with one attached hydrogen (secondary N) is 1. The van der Waals surface area contributed by atoms with Crippen LogP contribution >= 0.6 is 15.9 Å². The molecule has 106 valence electrons. The van der Waals surface area contributed by atoms with Crippen LogP contribution in [0.5, 0.6) is 0 Å². The van der Waals surface area contributed by atoms with Gasteiger partial charge < -0.3 is 0 Å². The summed E-state index contributed by atoms with van der Waals surface area (Å²) < 4.78 is 1.09. The van der Waals surface area contributed by atoms with Gasteiger partial charge in [0.05, 0.1) is 11.4 Å². The van der Waals surface area contributed by atoms with Crippen LogP contribution in [0.3, 0.4) is 0 Å². The molecule has 0 saturated heterocycles. The number of aryl methyl sites for hydroxylation is 2. The molecule has 3 aromatic rings. The summed E-state index contributed by atoms with van der Waals surface area (Å²) in [5, 5.41) is 7.59. The summed E-state index contributed by atoms with van der Waals surface area (Å²) in [6.45, 7) is 4.22. The zero-order valence-corrected chi connectivity index (χ0v) is 13.7. The maximum absolute atomic E-state index is 4.40. The molecular formula is C18H17BrN2. The molecule has 3 heteroatoms. The van der Waals surface area contributed by atoms with Crippen molar-refractivity contribution in [2.45, 2.75) is 20.3 Å². The minimum Gasteiger partial charge on any atom is -0.277 e. The first kappa shape index (κ1) is 14.1. The predicted molar refractivity (Wildman–Crippen MR) is 90.4 cm³/mol. The lowest BCUT2D eigenvalue weighted by molar-refractivity contribution is 1.04. The third-order valence-electron chi connectivity index (χ3n) is 3.84. The fraction of sp³-hybridized carbons (Fsp3) is 0.167. The average Bonchev–Trinajstić information content (AvgIpc) is 2.84. The van der Waals surface area contributed by atoms with Crippen molar-refractivity contribution in [2.75, 3.05) is 0 Å². The number of aromatic nitrogens is 2. The Kier molecular flexibility index (Phi) is 3.93. The maximum Gasteiger partial charge on any atom is 0.0688 e. The van der Waals surface area contributed by atoms with Gasteiger partial charge in [-0.3, -0.25) is 5.10 Å². The van der Waals surface area contributed by atoms with Crippen LogP contribution in [0.1, 0.15) is 22.4 Å². The van der Waals surface area contributed by atoms with E-state index in [1.54, 1.807) is 0 Å². The minimum absolute atomic E-state index is 0.903. The van der Waals surface area contributed by atoms with E-state index in [2.05, 4.69) is 88.5 Å². The van der Waals surface area contributed by atoms with Crippen LogP contribution in [0, 0.1) is 13.8 Å². The minimum atomic E-state index is 0.903. The highest BCUT2D eigenvalue weighted by Gasteiger charge is 2.13. The lowest BCUT2D eigenvalue weighted by atomic mass is 9.97. The normalized spacial score (nSPS) is 10.8. The zero-order valence-electron chi connectivity index (χ0n) is 12.2. The lowest BCUT2D eigenvalue weighted by Gasteiger charge is -2.08. The third kappa shape index (κ3) is 2.93. The number of halogens is 1. The van der Waals surface area contributed by atoms with Gasteiger partial charge in [0.15, 0.2) is 0 Å². The highest BCUT2D eigenvalue weighted by Crippen LogP contribution is 2.27. The average molecular weight is 341 g/mol. The van der Waals surface area contributed by atoms with E-state index < -0.39 is 0 Å². The Morgan fingerprint density at radius 3 is 2.43 bits per heavy atom. The summed E-state index contributed by atoms with van der Waals surface area (Å²) in [6, 6.07) is 16.9. The largest absolute Gasteiger partial charge is 0.277 e. The summed E-state index contributed by atoms with van der Waals surface area (Å²) in [5.74, 6) is 0. The monoisotopic (exact) mass is 340 g/mol. The Hall–Kier alpha value is -1.87. The van der Waals surface area contributed by atoms with Gasteiger partial charge in [-0.15, -0.1) is 0 Å². The van der Waals surface area contributed by atoms with Crippen LogP contribution in [-0.2, 0) is 6.42 Å². The fourth-order valence-electron chi connectivity index (χ4n) is 2.53. The van der Waals surface area contributed by atoms with Crippen LogP contribution < -0.4 is 0 Å². The number of hydrogen-bond donors (Lipinski definition) is 1. The van der Waals surface area contributed by atoms with Crippen molar-refractivity contribution < 1.29 is 0 Å². The van der Waals surface area contributed by atoms with Crippen molar-refractivity contribution in [3.8, 4) is 11.3 Å². The van der Waals surface area contributed by atoms with Crippen LogP contribution in [0.15, 0.2) is 53.0 Å². The number of benzene rings is 2. The van der Waals surface area contributed by atoms with Crippen LogP contribution in [0.4, 0.5) is 0 Å². The molecule has 0 radical (unpaired) electrons. The van der Waals surface area contributed by atoms with E-state index in [9.17, 15) is 0 Å². The molecule has 1 aromatic heterocycles. The van der Waals surface area contributed by atoms with Crippen molar-refractivity contribution in [1.82, 2.24) is 10.2 Å². The molecule has 0 atom stereocenters. The molecule has 0 aliphatic rings. The van der Waals surface area contributed by atoms with Gasteiger partial charge in [-0.1, -0.05) is 52.3 Å². The number of hydrogen-bond acceptors (Lipinski definition) is 1. The van der Waals surface area contributed by atoms with Crippen molar-refractivity contribution in [1.29, 1.82) is 0 Å². The Morgan fingerprint density at radius 2 is 1.71 bits per heavy atom. The Bertz CT molecular complexity index is 757. The Labute approximate surface area is 133 Å². The van der Waals surface area contributed by atoms with E-state index in [1.165, 1.54) is 22.3 Å². The van der Waals surface area contributed by atoms with E-state index in [1.807, 2.05) is 0 Å². The van der Waals surface area contributed by atoms with Crippen molar-refractivity contribution in [2.24, 2.45) is 0 Å². The second kappa shape index (κ2) is 5.86. The molecule has 3 rings (SSSR count). The summed E-state index contributed by atoms with van der Waals surface area (Å²) in [7, 11) is 0. The van der Waals surface area contributed by atoms with Crippen molar-refractivity contribution >= 4 is 15.9 Å². The second-order valence-corrected chi connectivity index (χ2v) is 6.19. The molecule has 0 bridgehead atoms. The van der Waals surface area contributed by atoms with E-state index in [0.717, 1.165) is 22.3 Å². The first-order valence-electron chi connectivity index (χ1n) is 6.99. The maximum atomic E-state index is 4.40. The lowest BCUT2D eigenvalue weighted by Crippen LogP contribution is -1.94. The molecule has 0 saturated carbocycles. The first-order valence-corrected chi connectivity index (χ1v) is 7.79. The molecule has 1 N–H and O–H groups in total. The summed E-state index contributed by atoms with van der Waals surface area (Å²) in [5.41, 5.74) is 7.29. The molecule has 2 aromatic carbocycles. The van der Waals surface area contributed by atoms with E-state index in [0.29, 0.717) is 0 Å². The number of nitrogens with zero attached hydrogens (tertiary/aromatic N) is 1. The molecule has 0 spiro atoms. The van der Waals surface area contributed by atoms with Crippen LogP contribution in [0.2, 0.25) is 0 Å². The van der Waals surface area contributed by atoms with Crippen molar-refractivity contribution in [3.05, 3.63) is 75.4 Å². The number of H-pyrrole nitrogens is 1. The van der Waals surface area contributed by atoms with Crippen LogP contribution in [0.25, 0.3) is 11.3 Å². The third-order valence-corrected chi connectivity index (χ3v) is 4.36. The van der Waals surface area contributed by atoms with E-state index in [-0.39, 0.29) is 0 Å². The summed E-state index contributed by atoms with van der Waals surface area (Å²) >= 11 is 3.48. The zero-order chi connectivity index (χ0) is 14.8. The molecule has 0 aliphatic heterocycles. The standard InChI is InChI=1S/C18H17BrN2/c1-12-5-3-4-6-15(12)11-17-13(2)20-21-18(17)14-7-9-16(19)10-8-14/h3-10H,11H2,1-2H3,(H,20,21). The Morgan fingerprint density at radius 1 is 1.00 bits per heavy atom. The first-order chi connectivity index (χ1) is 10.1. The second-order valence-electron chi connectivity index (χ2n) is 5.27. The van der Waals surface area contributed by atoms with Gasteiger partial charge in [0.25, 0.3) is 0 Å². The molecule has 1 heterocycles. The number of rotatable bonds is 3. The van der Waals surface area contributed by atoms with Gasteiger partial charge in [0, 0.05) is 16.5 Å². The molecular weight excluding hydrogens is 324 g/mol. The smallest absolute Gasteiger partial charge is 0.0688 e.